The molecule has 1 aliphatic rings. The van der Waals surface area contributed by atoms with Gasteiger partial charge in [0.15, 0.2) is 0 Å². The van der Waals surface area contributed by atoms with Crippen molar-refractivity contribution in [2.24, 2.45) is 0 Å². The van der Waals surface area contributed by atoms with Crippen LogP contribution >= 0.6 is 11.6 Å². The van der Waals surface area contributed by atoms with Crippen molar-refractivity contribution in [1.29, 1.82) is 0 Å². The molecule has 1 aromatic carbocycles. The Balaban J connectivity index is 2.46. The average Bonchev–Trinajstić information content (AvgIpc) is 2.49. The summed E-state index contributed by atoms with van der Waals surface area (Å²) in [6, 6.07) is 6.66. The van der Waals surface area contributed by atoms with Gasteiger partial charge in [0.1, 0.15) is 0 Å². The molecule has 0 aromatic heterocycles. The quantitative estimate of drug-likeness (QED) is 0.703. The summed E-state index contributed by atoms with van der Waals surface area (Å²) >= 11 is 6.05. The van der Waals surface area contributed by atoms with Gasteiger partial charge >= 0.3 is 0 Å². The Morgan fingerprint density at radius 1 is 1.58 bits per heavy atom. The molecule has 1 N–H and O–H groups in total. The Kier molecular flexibility index (Phi) is 2.07. The van der Waals surface area contributed by atoms with Crippen molar-refractivity contribution >= 4 is 11.6 Å². The van der Waals surface area contributed by atoms with Crippen molar-refractivity contribution in [1.82, 2.24) is 5.32 Å². The van der Waals surface area contributed by atoms with E-state index in [0.29, 0.717) is 6.04 Å². The number of halogens is 1. The summed E-state index contributed by atoms with van der Waals surface area (Å²) in [7, 11) is 0. The van der Waals surface area contributed by atoms with Crippen molar-refractivity contribution in [2.75, 3.05) is 0 Å². The molecule has 0 spiro atoms. The Hall–Kier alpha value is -0.530. The number of fused-ring (bicyclic) bond motifs is 1. The van der Waals surface area contributed by atoms with Crippen molar-refractivity contribution in [3.63, 3.8) is 0 Å². The first-order chi connectivity index (χ1) is 5.83. The summed E-state index contributed by atoms with van der Waals surface area (Å²) in [6.07, 6.45) is 1.13. The standard InChI is InChI=1S/C10H12ClN/c1-2-10-7-4-3-5-9(11)8(7)6-12-10/h3-5,10,12H,2,6H2,1H3. The molecular weight excluding hydrogens is 170 g/mol. The minimum absolute atomic E-state index is 0.513. The minimum atomic E-state index is 0.513. The van der Waals surface area contributed by atoms with Crippen molar-refractivity contribution < 1.29 is 0 Å². The molecule has 0 aliphatic carbocycles. The largest absolute Gasteiger partial charge is 0.306 e. The summed E-state index contributed by atoms with van der Waals surface area (Å²) in [6.45, 7) is 3.11. The van der Waals surface area contributed by atoms with Crippen molar-refractivity contribution in [3.8, 4) is 0 Å². The van der Waals surface area contributed by atoms with Crippen LogP contribution in [0.4, 0.5) is 0 Å². The van der Waals surface area contributed by atoms with Crippen LogP contribution in [-0.2, 0) is 6.54 Å². The number of hydrogen-bond acceptors (Lipinski definition) is 1. The third kappa shape index (κ3) is 1.13. The molecule has 0 amide bonds. The predicted molar refractivity (Wildman–Crippen MR) is 51.3 cm³/mol. The van der Waals surface area contributed by atoms with Crippen LogP contribution in [0, 0.1) is 0 Å². The lowest BCUT2D eigenvalue weighted by Gasteiger charge is -2.07. The maximum Gasteiger partial charge on any atom is 0.0454 e. The Labute approximate surface area is 77.7 Å². The van der Waals surface area contributed by atoms with Gasteiger partial charge in [-0.05, 0) is 23.6 Å². The molecule has 0 fully saturated rings. The first-order valence-corrected chi connectivity index (χ1v) is 4.71. The van der Waals surface area contributed by atoms with E-state index in [1.165, 1.54) is 11.1 Å². The Morgan fingerprint density at radius 2 is 2.42 bits per heavy atom. The summed E-state index contributed by atoms with van der Waals surface area (Å²) in [5, 5.41) is 4.33. The topological polar surface area (TPSA) is 12.0 Å². The highest BCUT2D eigenvalue weighted by molar-refractivity contribution is 6.31. The molecule has 2 heteroatoms. The summed E-state index contributed by atoms with van der Waals surface area (Å²) in [5.74, 6) is 0. The molecule has 1 aliphatic heterocycles. The van der Waals surface area contributed by atoms with E-state index in [0.717, 1.165) is 18.0 Å². The molecule has 0 bridgehead atoms. The SMILES string of the molecule is CCC1NCc2c(Cl)cccc21. The monoisotopic (exact) mass is 181 g/mol. The third-order valence-corrected chi connectivity index (χ3v) is 2.82. The first-order valence-electron chi connectivity index (χ1n) is 4.33. The third-order valence-electron chi connectivity index (χ3n) is 2.46. The predicted octanol–water partition coefficient (Wildman–Crippen LogP) is 2.89. The zero-order valence-electron chi connectivity index (χ0n) is 7.10. The van der Waals surface area contributed by atoms with Crippen molar-refractivity contribution in [2.45, 2.75) is 25.9 Å². The zero-order valence-corrected chi connectivity index (χ0v) is 7.86. The Bertz CT molecular complexity index is 296. The van der Waals surface area contributed by atoms with Gasteiger partial charge in [-0.2, -0.15) is 0 Å². The van der Waals surface area contributed by atoms with E-state index < -0.39 is 0 Å². The molecule has 1 aromatic rings. The van der Waals surface area contributed by atoms with E-state index in [-0.39, 0.29) is 0 Å². The lowest BCUT2D eigenvalue weighted by Crippen LogP contribution is -2.10. The average molecular weight is 182 g/mol. The van der Waals surface area contributed by atoms with E-state index >= 15 is 0 Å². The maximum atomic E-state index is 6.05. The molecule has 0 saturated heterocycles. The van der Waals surface area contributed by atoms with Crippen LogP contribution in [-0.4, -0.2) is 0 Å². The van der Waals surface area contributed by atoms with Crippen LogP contribution in [0.3, 0.4) is 0 Å². The summed E-state index contributed by atoms with van der Waals surface area (Å²) in [4.78, 5) is 0. The van der Waals surface area contributed by atoms with Gasteiger partial charge in [-0.3, -0.25) is 0 Å². The van der Waals surface area contributed by atoms with Crippen LogP contribution in [0.25, 0.3) is 0 Å². The van der Waals surface area contributed by atoms with Gasteiger partial charge in [0.25, 0.3) is 0 Å². The minimum Gasteiger partial charge on any atom is -0.306 e. The molecule has 0 radical (unpaired) electrons. The van der Waals surface area contributed by atoms with Gasteiger partial charge in [-0.1, -0.05) is 30.7 Å². The van der Waals surface area contributed by atoms with Crippen molar-refractivity contribution in [3.05, 3.63) is 34.3 Å². The molecule has 1 atom stereocenters. The lowest BCUT2D eigenvalue weighted by atomic mass is 10.0. The van der Waals surface area contributed by atoms with Crippen LogP contribution in [0.5, 0.6) is 0 Å². The highest BCUT2D eigenvalue weighted by atomic mass is 35.5. The van der Waals surface area contributed by atoms with Gasteiger partial charge in [0, 0.05) is 17.6 Å². The van der Waals surface area contributed by atoms with Gasteiger partial charge in [0.2, 0.25) is 0 Å². The smallest absolute Gasteiger partial charge is 0.0454 e. The second kappa shape index (κ2) is 3.08. The van der Waals surface area contributed by atoms with Crippen LogP contribution in [0.15, 0.2) is 18.2 Å². The number of benzene rings is 1. The fourth-order valence-corrected chi connectivity index (χ4v) is 2.04. The van der Waals surface area contributed by atoms with E-state index in [1.807, 2.05) is 12.1 Å². The number of nitrogens with one attached hydrogen (secondary N) is 1. The van der Waals surface area contributed by atoms with Crippen LogP contribution in [0.2, 0.25) is 5.02 Å². The molecule has 1 heterocycles. The number of rotatable bonds is 1. The zero-order chi connectivity index (χ0) is 8.55. The summed E-state index contributed by atoms with van der Waals surface area (Å²) in [5.41, 5.74) is 2.66. The van der Waals surface area contributed by atoms with Gasteiger partial charge < -0.3 is 5.32 Å². The number of hydrogen-bond donors (Lipinski definition) is 1. The summed E-state index contributed by atoms with van der Waals surface area (Å²) < 4.78 is 0. The fourth-order valence-electron chi connectivity index (χ4n) is 1.79. The van der Waals surface area contributed by atoms with E-state index in [1.54, 1.807) is 0 Å². The lowest BCUT2D eigenvalue weighted by molar-refractivity contribution is 0.567. The molecule has 2 rings (SSSR count). The second-order valence-electron chi connectivity index (χ2n) is 3.15. The van der Waals surface area contributed by atoms with Crippen LogP contribution < -0.4 is 5.32 Å². The molecule has 12 heavy (non-hydrogen) atoms. The van der Waals surface area contributed by atoms with Gasteiger partial charge in [-0.15, -0.1) is 0 Å². The Morgan fingerprint density at radius 3 is 3.17 bits per heavy atom. The van der Waals surface area contributed by atoms with E-state index in [4.69, 9.17) is 11.6 Å². The molecule has 1 unspecified atom stereocenters. The molecule has 64 valence electrons. The van der Waals surface area contributed by atoms with Gasteiger partial charge in [0.05, 0.1) is 0 Å². The van der Waals surface area contributed by atoms with E-state index in [2.05, 4.69) is 18.3 Å². The van der Waals surface area contributed by atoms with Crippen LogP contribution in [0.1, 0.15) is 30.5 Å². The first kappa shape index (κ1) is 8.09. The highest BCUT2D eigenvalue weighted by Crippen LogP contribution is 2.31. The molecule has 1 nitrogen and oxygen atoms in total. The normalized spacial score (nSPS) is 21.0. The van der Waals surface area contributed by atoms with Gasteiger partial charge in [-0.25, -0.2) is 0 Å². The molecule has 0 saturated carbocycles. The fraction of sp³-hybridized carbons (Fsp3) is 0.400. The molecular formula is C10H12ClN. The highest BCUT2D eigenvalue weighted by Gasteiger charge is 2.21. The second-order valence-corrected chi connectivity index (χ2v) is 3.56. The van der Waals surface area contributed by atoms with E-state index in [9.17, 15) is 0 Å². The maximum absolute atomic E-state index is 6.05.